The Morgan fingerprint density at radius 2 is 1.56 bits per heavy atom. The highest BCUT2D eigenvalue weighted by Crippen LogP contribution is 2.12. The highest BCUT2D eigenvalue weighted by atomic mass is 16.2. The van der Waals surface area contributed by atoms with Gasteiger partial charge in [0.15, 0.2) is 5.78 Å². The fourth-order valence-electron chi connectivity index (χ4n) is 1.70. The molecule has 1 aliphatic heterocycles. The molecule has 0 aromatic heterocycles. The molecule has 0 aromatic carbocycles. The number of hydrogen-bond acceptors (Lipinski definition) is 3. The van der Waals surface area contributed by atoms with Crippen LogP contribution in [-0.2, 0) is 4.79 Å². The molecule has 0 aliphatic carbocycles. The van der Waals surface area contributed by atoms with E-state index in [1.54, 1.807) is 6.08 Å². The van der Waals surface area contributed by atoms with E-state index < -0.39 is 0 Å². The molecule has 0 radical (unpaired) electrons. The Bertz CT molecular complexity index is 219. The van der Waals surface area contributed by atoms with Gasteiger partial charge in [-0.1, -0.05) is 33.8 Å². The van der Waals surface area contributed by atoms with E-state index in [4.69, 9.17) is 5.11 Å². The number of hydrogen-bond donors (Lipinski definition) is 1. The molecule has 1 saturated heterocycles. The average Bonchev–Trinajstić information content (AvgIpc) is 2.94. The largest absolute Gasteiger partial charge is 0.400 e. The van der Waals surface area contributed by atoms with Gasteiger partial charge in [-0.05, 0) is 38.9 Å². The molecule has 0 spiro atoms. The minimum absolute atomic E-state index is 0.122. The van der Waals surface area contributed by atoms with Crippen LogP contribution in [0.3, 0.4) is 0 Å². The highest BCUT2D eigenvalue weighted by molar-refractivity contribution is 5.91. The van der Waals surface area contributed by atoms with Gasteiger partial charge in [0.2, 0.25) is 0 Å². The van der Waals surface area contributed by atoms with Crippen LogP contribution < -0.4 is 0 Å². The number of carbonyl (C=O) groups excluding carboxylic acids is 1. The lowest BCUT2D eigenvalue weighted by Crippen LogP contribution is -2.28. The van der Waals surface area contributed by atoms with E-state index in [2.05, 4.69) is 11.8 Å². The molecule has 3 nitrogen and oxygen atoms in total. The molecular formula is C15H31NO2. The predicted octanol–water partition coefficient (Wildman–Crippen LogP) is 2.89. The number of carbonyl (C=O) groups is 1. The molecule has 0 bridgehead atoms. The van der Waals surface area contributed by atoms with Crippen molar-refractivity contribution in [2.75, 3.05) is 20.2 Å². The van der Waals surface area contributed by atoms with E-state index in [9.17, 15) is 4.79 Å². The molecule has 18 heavy (non-hydrogen) atoms. The second kappa shape index (κ2) is 12.8. The van der Waals surface area contributed by atoms with Crippen LogP contribution in [-0.4, -0.2) is 42.0 Å². The maximum absolute atomic E-state index is 11.4. The molecule has 1 unspecified atom stereocenters. The number of likely N-dealkylation sites (tertiary alicyclic amines) is 1. The molecule has 0 amide bonds. The molecule has 1 atom stereocenters. The van der Waals surface area contributed by atoms with E-state index in [0.717, 1.165) is 7.11 Å². The molecule has 108 valence electrons. The van der Waals surface area contributed by atoms with Crippen LogP contribution >= 0.6 is 0 Å². The minimum Gasteiger partial charge on any atom is -0.400 e. The Kier molecular flexibility index (Phi) is 14.0. The standard InChI is InChI=1S/C12H21NO.C2H6.CH4O/c1-10(2)12(14)7-6-11(3)13-8-4-5-9-13;2*1-2/h6-7,10-11H,4-5,8-9H2,1-3H3;1-2H3;2H,1H3/b7-6+;;. The van der Waals surface area contributed by atoms with Gasteiger partial charge in [0.25, 0.3) is 0 Å². The van der Waals surface area contributed by atoms with Crippen LogP contribution in [0.5, 0.6) is 0 Å². The third kappa shape index (κ3) is 8.43. The summed E-state index contributed by atoms with van der Waals surface area (Å²) in [5.41, 5.74) is 0. The first kappa shape index (κ1) is 19.7. The first-order chi connectivity index (χ1) is 8.61. The van der Waals surface area contributed by atoms with Gasteiger partial charge in [0, 0.05) is 19.1 Å². The van der Waals surface area contributed by atoms with Crippen LogP contribution in [0.4, 0.5) is 0 Å². The van der Waals surface area contributed by atoms with Crippen LogP contribution in [0.25, 0.3) is 0 Å². The van der Waals surface area contributed by atoms with Gasteiger partial charge in [-0.15, -0.1) is 0 Å². The lowest BCUT2D eigenvalue weighted by atomic mass is 10.1. The van der Waals surface area contributed by atoms with Crippen LogP contribution in [0.15, 0.2) is 12.2 Å². The average molecular weight is 257 g/mol. The van der Waals surface area contributed by atoms with Gasteiger partial charge in [0.05, 0.1) is 0 Å². The number of allylic oxidation sites excluding steroid dienone is 1. The van der Waals surface area contributed by atoms with Crippen molar-refractivity contribution in [1.82, 2.24) is 4.90 Å². The van der Waals surface area contributed by atoms with Crippen molar-refractivity contribution in [2.24, 2.45) is 5.92 Å². The van der Waals surface area contributed by atoms with Crippen LogP contribution in [0.1, 0.15) is 47.5 Å². The Morgan fingerprint density at radius 1 is 1.11 bits per heavy atom. The fourth-order valence-corrected chi connectivity index (χ4v) is 1.70. The van der Waals surface area contributed by atoms with Gasteiger partial charge < -0.3 is 5.11 Å². The van der Waals surface area contributed by atoms with Crippen molar-refractivity contribution in [3.05, 3.63) is 12.2 Å². The summed E-state index contributed by atoms with van der Waals surface area (Å²) in [5.74, 6) is 0.355. The van der Waals surface area contributed by atoms with E-state index >= 15 is 0 Å². The normalized spacial score (nSPS) is 16.9. The summed E-state index contributed by atoms with van der Waals surface area (Å²) in [7, 11) is 1.00. The van der Waals surface area contributed by atoms with Crippen molar-refractivity contribution in [1.29, 1.82) is 0 Å². The fraction of sp³-hybridized carbons (Fsp3) is 0.800. The van der Waals surface area contributed by atoms with E-state index in [1.165, 1.54) is 25.9 Å². The number of aliphatic hydroxyl groups excluding tert-OH is 1. The Hall–Kier alpha value is -0.670. The summed E-state index contributed by atoms with van der Waals surface area (Å²) >= 11 is 0. The topological polar surface area (TPSA) is 40.5 Å². The van der Waals surface area contributed by atoms with E-state index in [-0.39, 0.29) is 11.7 Å². The maximum atomic E-state index is 11.4. The van der Waals surface area contributed by atoms with Crippen molar-refractivity contribution < 1.29 is 9.90 Å². The van der Waals surface area contributed by atoms with Gasteiger partial charge >= 0.3 is 0 Å². The number of nitrogens with zero attached hydrogens (tertiary/aromatic N) is 1. The Balaban J connectivity index is 0. The second-order valence-corrected chi connectivity index (χ2v) is 4.40. The smallest absolute Gasteiger partial charge is 0.157 e. The first-order valence-electron chi connectivity index (χ1n) is 7.02. The predicted molar refractivity (Wildman–Crippen MR) is 78.7 cm³/mol. The van der Waals surface area contributed by atoms with Gasteiger partial charge in [-0.3, -0.25) is 9.69 Å². The van der Waals surface area contributed by atoms with Crippen molar-refractivity contribution in [3.63, 3.8) is 0 Å². The quantitative estimate of drug-likeness (QED) is 0.787. The molecule has 1 aliphatic rings. The number of rotatable bonds is 4. The molecule has 0 aromatic rings. The van der Waals surface area contributed by atoms with E-state index in [1.807, 2.05) is 33.8 Å². The number of aliphatic hydroxyl groups is 1. The summed E-state index contributed by atoms with van der Waals surface area (Å²) in [6.07, 6.45) is 6.38. The zero-order valence-corrected chi connectivity index (χ0v) is 12.9. The van der Waals surface area contributed by atoms with Crippen molar-refractivity contribution in [3.8, 4) is 0 Å². The van der Waals surface area contributed by atoms with Crippen molar-refractivity contribution >= 4 is 5.78 Å². The highest BCUT2D eigenvalue weighted by Gasteiger charge is 2.15. The second-order valence-electron chi connectivity index (χ2n) is 4.40. The zero-order valence-electron chi connectivity index (χ0n) is 12.9. The third-order valence-corrected chi connectivity index (χ3v) is 2.82. The molecular weight excluding hydrogens is 226 g/mol. The van der Waals surface area contributed by atoms with Gasteiger partial charge in [-0.25, -0.2) is 0 Å². The lowest BCUT2D eigenvalue weighted by molar-refractivity contribution is -0.117. The van der Waals surface area contributed by atoms with Crippen LogP contribution in [0, 0.1) is 5.92 Å². The molecule has 1 heterocycles. The Morgan fingerprint density at radius 3 is 1.94 bits per heavy atom. The minimum atomic E-state index is 0.122. The van der Waals surface area contributed by atoms with Crippen molar-refractivity contribution in [2.45, 2.75) is 53.5 Å². The third-order valence-electron chi connectivity index (χ3n) is 2.82. The molecule has 0 saturated carbocycles. The monoisotopic (exact) mass is 257 g/mol. The van der Waals surface area contributed by atoms with Gasteiger partial charge in [-0.2, -0.15) is 0 Å². The molecule has 1 rings (SSSR count). The zero-order chi connectivity index (χ0) is 14.6. The molecule has 1 fully saturated rings. The Labute approximate surface area is 113 Å². The summed E-state index contributed by atoms with van der Waals surface area (Å²) < 4.78 is 0. The summed E-state index contributed by atoms with van der Waals surface area (Å²) in [4.78, 5) is 13.8. The maximum Gasteiger partial charge on any atom is 0.157 e. The summed E-state index contributed by atoms with van der Waals surface area (Å²) in [5, 5.41) is 7.00. The SMILES string of the molecule is CC.CC(C)C(=O)/C=C/C(C)N1CCCC1.CO. The summed E-state index contributed by atoms with van der Waals surface area (Å²) in [6.45, 7) is 12.4. The van der Waals surface area contributed by atoms with Crippen LogP contribution in [0.2, 0.25) is 0 Å². The molecule has 1 N–H and O–H groups in total. The molecule has 3 heteroatoms. The number of ketones is 1. The summed E-state index contributed by atoms with van der Waals surface area (Å²) in [6, 6.07) is 0.417. The van der Waals surface area contributed by atoms with Gasteiger partial charge in [0.1, 0.15) is 0 Å². The van der Waals surface area contributed by atoms with E-state index in [0.29, 0.717) is 6.04 Å². The lowest BCUT2D eigenvalue weighted by Gasteiger charge is -2.20. The first-order valence-corrected chi connectivity index (χ1v) is 7.02.